The fraction of sp³-hybridized carbons (Fsp3) is 0.533. The molecule has 0 unspecified atom stereocenters. The molecule has 0 fully saturated rings. The van der Waals surface area contributed by atoms with Gasteiger partial charge in [0.25, 0.3) is 0 Å². The van der Waals surface area contributed by atoms with Crippen LogP contribution in [0.3, 0.4) is 0 Å². The maximum absolute atomic E-state index is 11.7. The number of aryl methyl sites for hydroxylation is 1. The minimum Gasteiger partial charge on any atom is -0.460 e. The highest BCUT2D eigenvalue weighted by molar-refractivity contribution is 5.90. The Hall–Kier alpha value is -1.35. The van der Waals surface area contributed by atoms with Crippen LogP contribution < -0.4 is 0 Å². The highest BCUT2D eigenvalue weighted by Crippen LogP contribution is 2.12. The molecule has 3 heteroatoms. The van der Waals surface area contributed by atoms with E-state index >= 15 is 0 Å². The molecule has 0 radical (unpaired) electrons. The summed E-state index contributed by atoms with van der Waals surface area (Å²) >= 11 is 0. The molecule has 0 aliphatic carbocycles. The Morgan fingerprint density at radius 1 is 1.17 bits per heavy atom. The third-order valence-corrected chi connectivity index (χ3v) is 2.36. The van der Waals surface area contributed by atoms with Gasteiger partial charge in [-0.2, -0.15) is 0 Å². The molecule has 0 spiro atoms. The molecule has 100 valence electrons. The number of esters is 1. The molecule has 18 heavy (non-hydrogen) atoms. The predicted molar refractivity (Wildman–Crippen MR) is 71.7 cm³/mol. The van der Waals surface area contributed by atoms with E-state index in [4.69, 9.17) is 9.47 Å². The van der Waals surface area contributed by atoms with Crippen molar-refractivity contribution in [2.24, 2.45) is 5.41 Å². The van der Waals surface area contributed by atoms with Crippen LogP contribution >= 0.6 is 0 Å². The van der Waals surface area contributed by atoms with Gasteiger partial charge in [0, 0.05) is 0 Å². The molecule has 0 bridgehead atoms. The summed E-state index contributed by atoms with van der Waals surface area (Å²) in [4.78, 5) is 11.7. The summed E-state index contributed by atoms with van der Waals surface area (Å²) in [5.41, 5.74) is 1.69. The zero-order valence-electron chi connectivity index (χ0n) is 11.7. The Morgan fingerprint density at radius 3 is 2.44 bits per heavy atom. The second-order valence-corrected chi connectivity index (χ2v) is 5.56. The first-order valence-electron chi connectivity index (χ1n) is 6.21. The highest BCUT2D eigenvalue weighted by atomic mass is 16.6. The predicted octanol–water partition coefficient (Wildman–Crippen LogP) is 3.21. The third kappa shape index (κ3) is 5.32. The van der Waals surface area contributed by atoms with Gasteiger partial charge in [-0.05, 0) is 24.0 Å². The fourth-order valence-corrected chi connectivity index (χ4v) is 1.45. The zero-order valence-corrected chi connectivity index (χ0v) is 11.7. The number of benzene rings is 1. The van der Waals surface area contributed by atoms with Gasteiger partial charge in [-0.25, -0.2) is 4.79 Å². The van der Waals surface area contributed by atoms with Crippen LogP contribution in [-0.4, -0.2) is 25.8 Å². The maximum Gasteiger partial charge on any atom is 0.338 e. The molecule has 1 aromatic carbocycles. The van der Waals surface area contributed by atoms with E-state index in [1.165, 1.54) is 0 Å². The Kier molecular flexibility index (Phi) is 5.35. The Balaban J connectivity index is 2.28. The minimum absolute atomic E-state index is 0.139. The number of carbonyl (C=O) groups excluding carboxylic acids is 1. The third-order valence-electron chi connectivity index (χ3n) is 2.36. The van der Waals surface area contributed by atoms with Crippen molar-refractivity contribution < 1.29 is 14.3 Å². The average molecular weight is 250 g/mol. The molecule has 0 amide bonds. The number of hydrogen-bond donors (Lipinski definition) is 0. The van der Waals surface area contributed by atoms with E-state index in [9.17, 15) is 4.79 Å². The van der Waals surface area contributed by atoms with Crippen molar-refractivity contribution in [3.05, 3.63) is 35.4 Å². The minimum atomic E-state index is -0.285. The van der Waals surface area contributed by atoms with Crippen LogP contribution in [0.2, 0.25) is 0 Å². The van der Waals surface area contributed by atoms with Crippen molar-refractivity contribution in [1.82, 2.24) is 0 Å². The normalized spacial score (nSPS) is 11.3. The molecular formula is C15H22O3. The van der Waals surface area contributed by atoms with E-state index in [1.54, 1.807) is 6.07 Å². The number of ether oxygens (including phenoxy) is 2. The van der Waals surface area contributed by atoms with Crippen molar-refractivity contribution >= 4 is 5.97 Å². The summed E-state index contributed by atoms with van der Waals surface area (Å²) in [5.74, 6) is -0.285. The van der Waals surface area contributed by atoms with E-state index in [-0.39, 0.29) is 11.4 Å². The molecule has 0 aliphatic rings. The standard InChI is InChI=1S/C15H22O3/c1-12-7-5-6-8-13(12)14(16)18-10-9-17-11-15(2,3)4/h5-8H,9-11H2,1-4H3. The SMILES string of the molecule is Cc1ccccc1C(=O)OCCOCC(C)(C)C. The lowest BCUT2D eigenvalue weighted by molar-refractivity contribution is 0.0179. The van der Waals surface area contributed by atoms with Crippen LogP contribution in [0.15, 0.2) is 24.3 Å². The summed E-state index contributed by atoms with van der Waals surface area (Å²) in [5, 5.41) is 0. The molecule has 0 aliphatic heterocycles. The summed E-state index contributed by atoms with van der Waals surface area (Å²) < 4.78 is 10.6. The highest BCUT2D eigenvalue weighted by Gasteiger charge is 2.11. The van der Waals surface area contributed by atoms with Gasteiger partial charge in [-0.3, -0.25) is 0 Å². The van der Waals surface area contributed by atoms with Crippen LogP contribution in [0.1, 0.15) is 36.7 Å². The van der Waals surface area contributed by atoms with Gasteiger partial charge in [-0.15, -0.1) is 0 Å². The summed E-state index contributed by atoms with van der Waals surface area (Å²) in [6.07, 6.45) is 0. The molecule has 3 nitrogen and oxygen atoms in total. The molecule has 0 saturated carbocycles. The van der Waals surface area contributed by atoms with E-state index < -0.39 is 0 Å². The molecule has 0 saturated heterocycles. The number of carbonyl (C=O) groups is 1. The van der Waals surface area contributed by atoms with E-state index in [0.29, 0.717) is 25.4 Å². The van der Waals surface area contributed by atoms with Gasteiger partial charge >= 0.3 is 5.97 Å². The lowest BCUT2D eigenvalue weighted by atomic mass is 9.99. The zero-order chi connectivity index (χ0) is 13.6. The van der Waals surface area contributed by atoms with Gasteiger partial charge in [0.2, 0.25) is 0 Å². The first kappa shape index (κ1) is 14.7. The molecule has 0 aromatic heterocycles. The molecule has 1 aromatic rings. The van der Waals surface area contributed by atoms with Crippen LogP contribution in [0, 0.1) is 12.3 Å². The van der Waals surface area contributed by atoms with Crippen LogP contribution in [-0.2, 0) is 9.47 Å². The molecule has 0 atom stereocenters. The smallest absolute Gasteiger partial charge is 0.338 e. The van der Waals surface area contributed by atoms with Crippen LogP contribution in [0.5, 0.6) is 0 Å². The van der Waals surface area contributed by atoms with Crippen molar-refractivity contribution in [2.75, 3.05) is 19.8 Å². The molecule has 1 rings (SSSR count). The van der Waals surface area contributed by atoms with E-state index in [2.05, 4.69) is 20.8 Å². The van der Waals surface area contributed by atoms with Crippen molar-refractivity contribution in [3.63, 3.8) is 0 Å². The Morgan fingerprint density at radius 2 is 1.83 bits per heavy atom. The molecular weight excluding hydrogens is 228 g/mol. The lowest BCUT2D eigenvalue weighted by Crippen LogP contribution is -2.18. The average Bonchev–Trinajstić information content (AvgIpc) is 2.27. The van der Waals surface area contributed by atoms with Gasteiger partial charge in [0.05, 0.1) is 18.8 Å². The van der Waals surface area contributed by atoms with E-state index in [0.717, 1.165) is 5.56 Å². The Labute approximate surface area is 109 Å². The second-order valence-electron chi connectivity index (χ2n) is 5.56. The monoisotopic (exact) mass is 250 g/mol. The fourth-order valence-electron chi connectivity index (χ4n) is 1.45. The maximum atomic E-state index is 11.7. The van der Waals surface area contributed by atoms with Gasteiger partial charge in [0.15, 0.2) is 0 Å². The number of hydrogen-bond acceptors (Lipinski definition) is 3. The molecule has 0 N–H and O–H groups in total. The van der Waals surface area contributed by atoms with Crippen LogP contribution in [0.25, 0.3) is 0 Å². The van der Waals surface area contributed by atoms with Crippen molar-refractivity contribution in [2.45, 2.75) is 27.7 Å². The van der Waals surface area contributed by atoms with Crippen LogP contribution in [0.4, 0.5) is 0 Å². The first-order chi connectivity index (χ1) is 8.40. The molecule has 0 heterocycles. The largest absolute Gasteiger partial charge is 0.460 e. The second kappa shape index (κ2) is 6.55. The van der Waals surface area contributed by atoms with Crippen molar-refractivity contribution in [1.29, 1.82) is 0 Å². The van der Waals surface area contributed by atoms with Gasteiger partial charge in [-0.1, -0.05) is 39.0 Å². The quantitative estimate of drug-likeness (QED) is 0.594. The van der Waals surface area contributed by atoms with Gasteiger partial charge < -0.3 is 9.47 Å². The van der Waals surface area contributed by atoms with Gasteiger partial charge in [0.1, 0.15) is 6.61 Å². The van der Waals surface area contributed by atoms with E-state index in [1.807, 2.05) is 25.1 Å². The number of rotatable bonds is 5. The van der Waals surface area contributed by atoms with Crippen molar-refractivity contribution in [3.8, 4) is 0 Å². The Bertz CT molecular complexity index is 391. The topological polar surface area (TPSA) is 35.5 Å². The lowest BCUT2D eigenvalue weighted by Gasteiger charge is -2.17. The first-order valence-corrected chi connectivity index (χ1v) is 6.21. The summed E-state index contributed by atoms with van der Waals surface area (Å²) in [7, 11) is 0. The summed E-state index contributed by atoms with van der Waals surface area (Å²) in [6.45, 7) is 9.60. The summed E-state index contributed by atoms with van der Waals surface area (Å²) in [6, 6.07) is 7.40.